The SMILES string of the molecule is CNS(=O)(=O)c1cc(C(=O)CCCCNCCc2ccccc2OC(F)(F)F)cc2c1OCC2. The van der Waals surface area contributed by atoms with Gasteiger partial charge in [-0.3, -0.25) is 4.79 Å². The molecule has 0 spiro atoms. The summed E-state index contributed by atoms with van der Waals surface area (Å²) in [6.45, 7) is 1.42. The van der Waals surface area contributed by atoms with Gasteiger partial charge < -0.3 is 14.8 Å². The molecule has 34 heavy (non-hydrogen) atoms. The number of ether oxygens (including phenoxy) is 2. The van der Waals surface area contributed by atoms with Gasteiger partial charge in [0, 0.05) is 18.4 Å². The first-order valence-corrected chi connectivity index (χ1v) is 12.4. The maximum Gasteiger partial charge on any atom is 0.573 e. The van der Waals surface area contributed by atoms with Crippen molar-refractivity contribution in [3.05, 3.63) is 53.1 Å². The van der Waals surface area contributed by atoms with Gasteiger partial charge in [-0.2, -0.15) is 0 Å². The lowest BCUT2D eigenvalue weighted by atomic mass is 10.0. The molecule has 2 aromatic carbocycles. The van der Waals surface area contributed by atoms with Gasteiger partial charge in [0.1, 0.15) is 16.4 Å². The van der Waals surface area contributed by atoms with E-state index in [1.165, 1.54) is 25.2 Å². The second-order valence-corrected chi connectivity index (χ2v) is 9.66. The van der Waals surface area contributed by atoms with E-state index in [0.717, 1.165) is 0 Å². The lowest BCUT2D eigenvalue weighted by Crippen LogP contribution is -2.21. The fourth-order valence-corrected chi connectivity index (χ4v) is 4.64. The van der Waals surface area contributed by atoms with E-state index in [9.17, 15) is 26.4 Å². The number of Topliss-reactive ketones (excluding diaryl/α,β-unsaturated/α-hetero) is 1. The number of nitrogens with one attached hydrogen (secondary N) is 2. The molecule has 0 unspecified atom stereocenters. The van der Waals surface area contributed by atoms with Gasteiger partial charge in [0.05, 0.1) is 6.61 Å². The van der Waals surface area contributed by atoms with Gasteiger partial charge in [0.2, 0.25) is 10.0 Å². The number of halogens is 3. The number of hydrogen-bond donors (Lipinski definition) is 2. The summed E-state index contributed by atoms with van der Waals surface area (Å²) in [5.41, 5.74) is 1.50. The predicted molar refractivity (Wildman–Crippen MR) is 120 cm³/mol. The van der Waals surface area contributed by atoms with Gasteiger partial charge in [0.25, 0.3) is 0 Å². The summed E-state index contributed by atoms with van der Waals surface area (Å²) in [4.78, 5) is 12.6. The number of hydrogen-bond acceptors (Lipinski definition) is 6. The summed E-state index contributed by atoms with van der Waals surface area (Å²) in [5, 5.41) is 3.16. The van der Waals surface area contributed by atoms with E-state index in [-0.39, 0.29) is 22.8 Å². The molecular weight excluding hydrogens is 473 g/mol. The number of sulfonamides is 1. The van der Waals surface area contributed by atoms with E-state index in [4.69, 9.17) is 4.74 Å². The summed E-state index contributed by atoms with van der Waals surface area (Å²) in [7, 11) is -2.45. The van der Waals surface area contributed by atoms with E-state index in [1.807, 2.05) is 0 Å². The average molecular weight is 501 g/mol. The molecule has 3 rings (SSSR count). The minimum absolute atomic E-state index is 0.0233. The van der Waals surface area contributed by atoms with Crippen molar-refractivity contribution in [1.82, 2.24) is 10.0 Å². The van der Waals surface area contributed by atoms with Crippen molar-refractivity contribution >= 4 is 15.8 Å². The van der Waals surface area contributed by atoms with Crippen molar-refractivity contribution in [1.29, 1.82) is 0 Å². The first kappa shape index (κ1) is 26.0. The maximum atomic E-state index is 12.7. The maximum absolute atomic E-state index is 12.7. The van der Waals surface area contributed by atoms with Crippen LogP contribution in [-0.2, 0) is 22.9 Å². The Bertz CT molecular complexity index is 1120. The first-order chi connectivity index (χ1) is 16.1. The molecule has 0 atom stereocenters. The van der Waals surface area contributed by atoms with E-state index >= 15 is 0 Å². The van der Waals surface area contributed by atoms with Crippen molar-refractivity contribution < 1.29 is 35.9 Å². The molecule has 1 aliphatic heterocycles. The van der Waals surface area contributed by atoms with Crippen LogP contribution in [0.25, 0.3) is 0 Å². The van der Waals surface area contributed by atoms with Crippen molar-refractivity contribution in [2.24, 2.45) is 0 Å². The topological polar surface area (TPSA) is 93.7 Å². The molecule has 7 nitrogen and oxygen atoms in total. The number of alkyl halides is 3. The Labute approximate surface area is 196 Å². The van der Waals surface area contributed by atoms with Crippen molar-refractivity contribution in [3.63, 3.8) is 0 Å². The van der Waals surface area contributed by atoms with Crippen molar-refractivity contribution in [2.45, 2.75) is 43.4 Å². The molecule has 0 saturated heterocycles. The van der Waals surface area contributed by atoms with Crippen LogP contribution in [0.15, 0.2) is 41.3 Å². The smallest absolute Gasteiger partial charge is 0.492 e. The molecule has 0 aliphatic carbocycles. The Balaban J connectivity index is 1.45. The van der Waals surface area contributed by atoms with Crippen LogP contribution in [0, 0.1) is 0 Å². The van der Waals surface area contributed by atoms with Crippen LogP contribution < -0.4 is 19.5 Å². The summed E-state index contributed by atoms with van der Waals surface area (Å²) >= 11 is 0. The predicted octanol–water partition coefficient (Wildman–Crippen LogP) is 3.61. The average Bonchev–Trinajstić information content (AvgIpc) is 3.26. The number of ketones is 1. The highest BCUT2D eigenvalue weighted by Gasteiger charge is 2.32. The zero-order chi connectivity index (χ0) is 24.8. The third-order valence-electron chi connectivity index (χ3n) is 5.41. The van der Waals surface area contributed by atoms with Crippen molar-refractivity contribution in [3.8, 4) is 11.5 Å². The summed E-state index contributed by atoms with van der Waals surface area (Å²) in [6, 6.07) is 9.07. The lowest BCUT2D eigenvalue weighted by molar-refractivity contribution is -0.274. The number of rotatable bonds is 12. The molecule has 0 bridgehead atoms. The number of para-hydroxylation sites is 1. The number of carbonyl (C=O) groups excluding carboxylic acids is 1. The van der Waals surface area contributed by atoms with Crippen LogP contribution >= 0.6 is 0 Å². The number of benzene rings is 2. The van der Waals surface area contributed by atoms with E-state index in [2.05, 4.69) is 14.8 Å². The van der Waals surface area contributed by atoms with Gasteiger partial charge in [0.15, 0.2) is 5.78 Å². The van der Waals surface area contributed by atoms with Crippen LogP contribution in [0.3, 0.4) is 0 Å². The van der Waals surface area contributed by atoms with Crippen molar-refractivity contribution in [2.75, 3.05) is 26.7 Å². The van der Waals surface area contributed by atoms with Crippen LogP contribution in [0.5, 0.6) is 11.5 Å². The number of carbonyl (C=O) groups is 1. The highest BCUT2D eigenvalue weighted by Crippen LogP contribution is 2.34. The summed E-state index contributed by atoms with van der Waals surface area (Å²) < 4.78 is 73.9. The van der Waals surface area contributed by atoms with Crippen LogP contribution in [0.1, 0.15) is 40.7 Å². The zero-order valence-electron chi connectivity index (χ0n) is 18.7. The summed E-state index contributed by atoms with van der Waals surface area (Å²) in [6.07, 6.45) is -2.30. The molecule has 0 amide bonds. The first-order valence-electron chi connectivity index (χ1n) is 10.9. The Morgan fingerprint density at radius 2 is 1.91 bits per heavy atom. The second kappa shape index (κ2) is 11.2. The Hall–Kier alpha value is -2.63. The second-order valence-electron chi connectivity index (χ2n) is 7.80. The molecule has 0 aromatic heterocycles. The monoisotopic (exact) mass is 500 g/mol. The van der Waals surface area contributed by atoms with Crippen LogP contribution in [0.2, 0.25) is 0 Å². The van der Waals surface area contributed by atoms with Gasteiger partial charge >= 0.3 is 6.36 Å². The molecule has 186 valence electrons. The molecule has 0 radical (unpaired) electrons. The van der Waals surface area contributed by atoms with Gasteiger partial charge in [-0.1, -0.05) is 18.2 Å². The molecule has 1 aliphatic rings. The Kier molecular flexibility index (Phi) is 8.56. The standard InChI is InChI=1S/C23H27F3N2O5S/c1-27-34(30,31)21-15-18(14-17-10-13-32-22(17)21)19(29)7-4-5-11-28-12-9-16-6-2-3-8-20(16)33-23(24,25)26/h2-3,6,8,14-15,27-28H,4-5,7,9-13H2,1H3. The van der Waals surface area contributed by atoms with Gasteiger partial charge in [-0.25, -0.2) is 13.1 Å². The van der Waals surface area contributed by atoms with Gasteiger partial charge in [-0.05, 0) is 68.7 Å². The number of unbranched alkanes of at least 4 members (excludes halogenated alkanes) is 1. The third-order valence-corrected chi connectivity index (χ3v) is 6.83. The molecule has 0 fully saturated rings. The molecule has 2 N–H and O–H groups in total. The largest absolute Gasteiger partial charge is 0.573 e. The molecule has 1 heterocycles. The molecule has 11 heteroatoms. The Morgan fingerprint density at radius 3 is 2.65 bits per heavy atom. The zero-order valence-corrected chi connectivity index (χ0v) is 19.5. The fraction of sp³-hybridized carbons (Fsp3) is 0.435. The minimum atomic E-state index is -4.74. The van der Waals surface area contributed by atoms with Gasteiger partial charge in [-0.15, -0.1) is 13.2 Å². The fourth-order valence-electron chi connectivity index (χ4n) is 3.71. The van der Waals surface area contributed by atoms with Crippen LogP contribution in [-0.4, -0.2) is 47.3 Å². The third kappa shape index (κ3) is 6.94. The van der Waals surface area contributed by atoms with E-state index in [0.29, 0.717) is 67.8 Å². The highest BCUT2D eigenvalue weighted by atomic mass is 32.2. The molecule has 2 aromatic rings. The van der Waals surface area contributed by atoms with E-state index < -0.39 is 16.4 Å². The highest BCUT2D eigenvalue weighted by molar-refractivity contribution is 7.89. The van der Waals surface area contributed by atoms with E-state index in [1.54, 1.807) is 18.2 Å². The van der Waals surface area contributed by atoms with Crippen LogP contribution in [0.4, 0.5) is 13.2 Å². The summed E-state index contributed by atoms with van der Waals surface area (Å²) in [5.74, 6) is -0.0559. The minimum Gasteiger partial charge on any atom is -0.492 e. The normalized spacial score (nSPS) is 13.4. The molecule has 0 saturated carbocycles. The lowest BCUT2D eigenvalue weighted by Gasteiger charge is -2.13. The quantitative estimate of drug-likeness (QED) is 0.342. The molecular formula is C23H27F3N2O5S. The number of fused-ring (bicyclic) bond motifs is 1. The Morgan fingerprint density at radius 1 is 1.15 bits per heavy atom.